The minimum atomic E-state index is -2.07. The van der Waals surface area contributed by atoms with E-state index in [0.717, 1.165) is 10.8 Å². The molecular weight excluding hydrogens is 247 g/mol. The van der Waals surface area contributed by atoms with E-state index in [2.05, 4.69) is 4.74 Å². The van der Waals surface area contributed by atoms with Crippen molar-refractivity contribution in [3.8, 4) is 0 Å². The molecule has 0 saturated heterocycles. The van der Waals surface area contributed by atoms with Gasteiger partial charge in [-0.1, -0.05) is 36.4 Å². The van der Waals surface area contributed by atoms with Gasteiger partial charge in [-0.05, 0) is 29.3 Å². The molecule has 100 valence electrons. The number of esters is 1. The number of benzene rings is 2. The first-order chi connectivity index (χ1) is 9.13. The van der Waals surface area contributed by atoms with Gasteiger partial charge in [-0.3, -0.25) is 0 Å². The van der Waals surface area contributed by atoms with E-state index in [-0.39, 0.29) is 6.61 Å². The summed E-state index contributed by atoms with van der Waals surface area (Å²) in [6.45, 7) is 1.68. The van der Waals surface area contributed by atoms with Crippen molar-refractivity contribution in [2.75, 3.05) is 6.61 Å². The summed E-state index contributed by atoms with van der Waals surface area (Å²) in [6, 6.07) is 12.6. The zero-order valence-electron chi connectivity index (χ0n) is 10.5. The summed E-state index contributed by atoms with van der Waals surface area (Å²) in [5.41, 5.74) is 0.360. The molecule has 2 rings (SSSR count). The molecule has 2 atom stereocenters. The van der Waals surface area contributed by atoms with Crippen LogP contribution in [0.15, 0.2) is 42.5 Å². The van der Waals surface area contributed by atoms with Gasteiger partial charge in [0, 0.05) is 0 Å². The molecule has 0 aliphatic heterocycles. The number of carbonyl (C=O) groups excluding carboxylic acids is 1. The van der Waals surface area contributed by atoms with Crippen LogP contribution in [0.1, 0.15) is 18.6 Å². The van der Waals surface area contributed by atoms with Gasteiger partial charge < -0.3 is 9.84 Å². The highest BCUT2D eigenvalue weighted by Gasteiger charge is 2.29. The van der Waals surface area contributed by atoms with Gasteiger partial charge in [0.05, 0.1) is 6.61 Å². The molecule has 0 fully saturated rings. The Hall–Kier alpha value is -1.94. The Kier molecular flexibility index (Phi) is 4.12. The number of halogens is 1. The van der Waals surface area contributed by atoms with Crippen LogP contribution in [0.3, 0.4) is 0 Å². The van der Waals surface area contributed by atoms with Crippen LogP contribution in [0.2, 0.25) is 0 Å². The Morgan fingerprint density at radius 2 is 1.95 bits per heavy atom. The van der Waals surface area contributed by atoms with E-state index in [4.69, 9.17) is 0 Å². The highest BCUT2D eigenvalue weighted by molar-refractivity contribution is 5.83. The quantitative estimate of drug-likeness (QED) is 0.862. The van der Waals surface area contributed by atoms with Gasteiger partial charge >= 0.3 is 5.97 Å². The molecule has 0 spiro atoms. The summed E-state index contributed by atoms with van der Waals surface area (Å²) < 4.78 is 18.3. The third-order valence-corrected chi connectivity index (χ3v) is 2.90. The Morgan fingerprint density at radius 3 is 2.63 bits per heavy atom. The number of hydrogen-bond donors (Lipinski definition) is 1. The number of hydrogen-bond acceptors (Lipinski definition) is 3. The highest BCUT2D eigenvalue weighted by atomic mass is 19.1. The average Bonchev–Trinajstić information content (AvgIpc) is 2.45. The summed E-state index contributed by atoms with van der Waals surface area (Å²) in [5.74, 6) is -1.04. The summed E-state index contributed by atoms with van der Waals surface area (Å²) in [6.07, 6.45) is -3.58. The highest BCUT2D eigenvalue weighted by Crippen LogP contribution is 2.24. The normalized spacial score (nSPS) is 14.1. The van der Waals surface area contributed by atoms with E-state index in [1.807, 2.05) is 24.3 Å². The molecule has 0 amide bonds. The van der Waals surface area contributed by atoms with Crippen molar-refractivity contribution < 1.29 is 19.0 Å². The summed E-state index contributed by atoms with van der Waals surface area (Å²) in [4.78, 5) is 11.3. The fourth-order valence-electron chi connectivity index (χ4n) is 1.91. The largest absolute Gasteiger partial charge is 0.464 e. The van der Waals surface area contributed by atoms with E-state index >= 15 is 0 Å². The number of ether oxygens (including phenoxy) is 1. The molecule has 2 unspecified atom stereocenters. The van der Waals surface area contributed by atoms with Crippen molar-refractivity contribution in [1.29, 1.82) is 0 Å². The van der Waals surface area contributed by atoms with Crippen LogP contribution >= 0.6 is 0 Å². The first-order valence-corrected chi connectivity index (χ1v) is 6.11. The van der Waals surface area contributed by atoms with Crippen molar-refractivity contribution in [3.63, 3.8) is 0 Å². The van der Waals surface area contributed by atoms with Crippen LogP contribution in [-0.4, -0.2) is 23.9 Å². The predicted octanol–water partition coefficient (Wildman–Crippen LogP) is 2.77. The Balaban J connectivity index is 2.25. The first-order valence-electron chi connectivity index (χ1n) is 6.11. The molecule has 0 saturated carbocycles. The SMILES string of the molecule is CCOC(=O)C(F)C(O)c1ccc2ccccc2c1. The maximum atomic E-state index is 13.7. The molecule has 4 heteroatoms. The molecular formula is C15H15FO3. The second kappa shape index (κ2) is 5.80. The van der Waals surface area contributed by atoms with Crippen molar-refractivity contribution >= 4 is 16.7 Å². The van der Waals surface area contributed by atoms with Crippen LogP contribution in [0, 0.1) is 0 Å². The molecule has 0 aromatic heterocycles. The topological polar surface area (TPSA) is 46.5 Å². The van der Waals surface area contributed by atoms with Crippen LogP contribution in [0.25, 0.3) is 10.8 Å². The third-order valence-electron chi connectivity index (χ3n) is 2.90. The second-order valence-corrected chi connectivity index (χ2v) is 4.21. The zero-order chi connectivity index (χ0) is 13.8. The molecule has 19 heavy (non-hydrogen) atoms. The number of aliphatic hydroxyl groups excluding tert-OH is 1. The molecule has 0 aliphatic carbocycles. The average molecular weight is 262 g/mol. The van der Waals surface area contributed by atoms with Crippen LogP contribution in [-0.2, 0) is 9.53 Å². The fourth-order valence-corrected chi connectivity index (χ4v) is 1.91. The van der Waals surface area contributed by atoms with Crippen molar-refractivity contribution in [3.05, 3.63) is 48.0 Å². The molecule has 2 aromatic carbocycles. The lowest BCUT2D eigenvalue weighted by atomic mass is 10.0. The van der Waals surface area contributed by atoms with Gasteiger partial charge in [-0.15, -0.1) is 0 Å². The summed E-state index contributed by atoms with van der Waals surface area (Å²) in [7, 11) is 0. The Morgan fingerprint density at radius 1 is 1.26 bits per heavy atom. The number of carbonyl (C=O) groups is 1. The van der Waals surface area contributed by atoms with Gasteiger partial charge in [0.2, 0.25) is 6.17 Å². The Labute approximate surface area is 110 Å². The van der Waals surface area contributed by atoms with Crippen LogP contribution in [0.5, 0.6) is 0 Å². The fraction of sp³-hybridized carbons (Fsp3) is 0.267. The zero-order valence-corrected chi connectivity index (χ0v) is 10.5. The van der Waals surface area contributed by atoms with Crippen molar-refractivity contribution in [1.82, 2.24) is 0 Å². The van der Waals surface area contributed by atoms with Crippen molar-refractivity contribution in [2.45, 2.75) is 19.2 Å². The minimum Gasteiger partial charge on any atom is -0.464 e. The maximum Gasteiger partial charge on any atom is 0.343 e. The third kappa shape index (κ3) is 2.90. The lowest BCUT2D eigenvalue weighted by molar-refractivity contribution is -0.153. The first kappa shape index (κ1) is 13.5. The number of aliphatic hydroxyl groups is 1. The molecule has 3 nitrogen and oxygen atoms in total. The summed E-state index contributed by atoms with van der Waals surface area (Å²) in [5, 5.41) is 11.7. The number of fused-ring (bicyclic) bond motifs is 1. The second-order valence-electron chi connectivity index (χ2n) is 4.21. The van der Waals surface area contributed by atoms with Crippen molar-refractivity contribution in [2.24, 2.45) is 0 Å². The monoisotopic (exact) mass is 262 g/mol. The molecule has 0 bridgehead atoms. The standard InChI is InChI=1S/C15H15FO3/c1-2-19-15(18)13(16)14(17)12-8-7-10-5-3-4-6-11(10)9-12/h3-9,13-14,17H,2H2,1H3. The van der Waals surface area contributed by atoms with Gasteiger partial charge in [-0.25, -0.2) is 9.18 Å². The molecule has 1 N–H and O–H groups in total. The van der Waals surface area contributed by atoms with Gasteiger partial charge in [0.15, 0.2) is 0 Å². The van der Waals surface area contributed by atoms with Crippen LogP contribution in [0.4, 0.5) is 4.39 Å². The van der Waals surface area contributed by atoms with E-state index in [0.29, 0.717) is 5.56 Å². The smallest absolute Gasteiger partial charge is 0.343 e. The predicted molar refractivity (Wildman–Crippen MR) is 70.4 cm³/mol. The molecule has 2 aromatic rings. The number of rotatable bonds is 4. The van der Waals surface area contributed by atoms with Gasteiger partial charge in [0.25, 0.3) is 0 Å². The maximum absolute atomic E-state index is 13.7. The number of alkyl halides is 1. The van der Waals surface area contributed by atoms with E-state index in [9.17, 15) is 14.3 Å². The van der Waals surface area contributed by atoms with E-state index in [1.54, 1.807) is 25.1 Å². The van der Waals surface area contributed by atoms with E-state index < -0.39 is 18.2 Å². The van der Waals surface area contributed by atoms with Gasteiger partial charge in [-0.2, -0.15) is 0 Å². The summed E-state index contributed by atoms with van der Waals surface area (Å²) >= 11 is 0. The van der Waals surface area contributed by atoms with E-state index in [1.165, 1.54) is 0 Å². The lowest BCUT2D eigenvalue weighted by Crippen LogP contribution is -2.26. The lowest BCUT2D eigenvalue weighted by Gasteiger charge is -2.15. The molecule has 0 aliphatic rings. The molecule has 0 heterocycles. The van der Waals surface area contributed by atoms with Gasteiger partial charge in [0.1, 0.15) is 6.10 Å². The molecule has 0 radical (unpaired) electrons. The Bertz CT molecular complexity index is 582. The minimum absolute atomic E-state index is 0.0870. The van der Waals surface area contributed by atoms with Crippen LogP contribution < -0.4 is 0 Å².